The molecule has 1 aliphatic rings. The highest BCUT2D eigenvalue weighted by Crippen LogP contribution is 2.32. The van der Waals surface area contributed by atoms with Crippen molar-refractivity contribution < 1.29 is 14.3 Å². The summed E-state index contributed by atoms with van der Waals surface area (Å²) in [4.78, 5) is 25.9. The number of rotatable bonds is 3. The van der Waals surface area contributed by atoms with Gasteiger partial charge in [0.1, 0.15) is 6.07 Å². The molecule has 0 saturated carbocycles. The number of methoxy groups -OCH3 is 1. The predicted molar refractivity (Wildman–Crippen MR) is 92.6 cm³/mol. The first-order valence-corrected chi connectivity index (χ1v) is 7.94. The van der Waals surface area contributed by atoms with E-state index in [1.165, 1.54) is 13.3 Å². The fourth-order valence-electron chi connectivity index (χ4n) is 3.16. The maximum absolute atomic E-state index is 12.1. The van der Waals surface area contributed by atoms with Crippen molar-refractivity contribution in [3.8, 4) is 11.8 Å². The van der Waals surface area contributed by atoms with Crippen LogP contribution in [0.2, 0.25) is 0 Å². The Kier molecular flexibility index (Phi) is 4.19. The lowest BCUT2D eigenvalue weighted by Crippen LogP contribution is -2.34. The van der Waals surface area contributed by atoms with Crippen molar-refractivity contribution in [2.45, 2.75) is 19.8 Å². The number of aryl methyl sites for hydroxylation is 1. The highest BCUT2D eigenvalue weighted by Gasteiger charge is 2.25. The first-order valence-electron chi connectivity index (χ1n) is 7.94. The smallest absolute Gasteiger partial charge is 0.357 e. The van der Waals surface area contributed by atoms with E-state index >= 15 is 0 Å². The summed E-state index contributed by atoms with van der Waals surface area (Å²) in [5.41, 5.74) is 8.95. The number of hydrogen-bond donors (Lipinski definition) is 1. The molecule has 0 aliphatic carbocycles. The van der Waals surface area contributed by atoms with E-state index in [1.807, 2.05) is 25.1 Å². The van der Waals surface area contributed by atoms with Gasteiger partial charge in [0.15, 0.2) is 5.69 Å². The summed E-state index contributed by atoms with van der Waals surface area (Å²) in [6.45, 7) is 2.54. The van der Waals surface area contributed by atoms with Crippen molar-refractivity contribution in [2.75, 3.05) is 24.3 Å². The molecule has 25 heavy (non-hydrogen) atoms. The second-order valence-electron chi connectivity index (χ2n) is 5.73. The van der Waals surface area contributed by atoms with E-state index in [4.69, 9.17) is 10.5 Å². The van der Waals surface area contributed by atoms with Crippen molar-refractivity contribution in [3.05, 3.63) is 41.2 Å². The fourth-order valence-corrected chi connectivity index (χ4v) is 3.16. The van der Waals surface area contributed by atoms with Crippen molar-refractivity contribution in [3.63, 3.8) is 0 Å². The minimum absolute atomic E-state index is 0.0948. The molecule has 1 amide bonds. The molecule has 3 rings (SSSR count). The maximum atomic E-state index is 12.1. The number of benzene rings is 1. The summed E-state index contributed by atoms with van der Waals surface area (Å²) in [5, 5.41) is 9.21. The average Bonchev–Trinajstić information content (AvgIpc) is 2.97. The third kappa shape index (κ3) is 2.62. The Balaban J connectivity index is 2.14. The van der Waals surface area contributed by atoms with Gasteiger partial charge in [0.25, 0.3) is 0 Å². The zero-order chi connectivity index (χ0) is 18.1. The molecular weight excluding hydrogens is 320 g/mol. The molecule has 128 valence electrons. The van der Waals surface area contributed by atoms with E-state index in [0.717, 1.165) is 11.3 Å². The van der Waals surface area contributed by atoms with Gasteiger partial charge in [0, 0.05) is 30.5 Å². The lowest BCUT2D eigenvalue weighted by Gasteiger charge is -2.28. The Labute approximate surface area is 145 Å². The number of nitriles is 1. The van der Waals surface area contributed by atoms with Crippen LogP contribution in [0.15, 0.2) is 24.4 Å². The SMILES string of the molecule is CCN1C(=O)CCc2cc(-n3cc(C#N)c(N)c3C(=O)OC)ccc21. The van der Waals surface area contributed by atoms with E-state index in [1.54, 1.807) is 15.5 Å². The summed E-state index contributed by atoms with van der Waals surface area (Å²) >= 11 is 0. The predicted octanol–water partition coefficient (Wildman–Crippen LogP) is 2.02. The minimum Gasteiger partial charge on any atom is -0.464 e. The van der Waals surface area contributed by atoms with Crippen LogP contribution < -0.4 is 10.6 Å². The number of esters is 1. The van der Waals surface area contributed by atoms with Gasteiger partial charge in [0.2, 0.25) is 5.91 Å². The number of carbonyl (C=O) groups excluding carboxylic acids is 2. The van der Waals surface area contributed by atoms with Crippen LogP contribution in [0.5, 0.6) is 0 Å². The Hall–Kier alpha value is -3.27. The molecule has 0 radical (unpaired) electrons. The largest absolute Gasteiger partial charge is 0.464 e. The Morgan fingerprint density at radius 1 is 1.40 bits per heavy atom. The highest BCUT2D eigenvalue weighted by atomic mass is 16.5. The summed E-state index contributed by atoms with van der Waals surface area (Å²) in [5.74, 6) is -0.503. The molecule has 7 nitrogen and oxygen atoms in total. The third-order valence-electron chi connectivity index (χ3n) is 4.40. The van der Waals surface area contributed by atoms with Crippen LogP contribution in [0.4, 0.5) is 11.4 Å². The van der Waals surface area contributed by atoms with E-state index in [-0.39, 0.29) is 22.9 Å². The number of anilines is 2. The van der Waals surface area contributed by atoms with E-state index in [0.29, 0.717) is 25.1 Å². The van der Waals surface area contributed by atoms with Crippen molar-refractivity contribution in [2.24, 2.45) is 0 Å². The molecule has 1 aliphatic heterocycles. The minimum atomic E-state index is -0.609. The number of aromatic nitrogens is 1. The lowest BCUT2D eigenvalue weighted by molar-refractivity contribution is -0.118. The summed E-state index contributed by atoms with van der Waals surface area (Å²) in [6.07, 6.45) is 2.61. The number of hydrogen-bond acceptors (Lipinski definition) is 5. The molecular formula is C18H18N4O3. The van der Waals surface area contributed by atoms with E-state index < -0.39 is 5.97 Å². The molecule has 0 fully saturated rings. The van der Waals surface area contributed by atoms with Gasteiger partial charge < -0.3 is 19.9 Å². The topological polar surface area (TPSA) is 101 Å². The zero-order valence-electron chi connectivity index (χ0n) is 14.1. The normalized spacial score (nSPS) is 13.3. The molecule has 0 spiro atoms. The number of nitrogens with zero attached hydrogens (tertiary/aromatic N) is 3. The quantitative estimate of drug-likeness (QED) is 0.863. The van der Waals surface area contributed by atoms with E-state index in [9.17, 15) is 14.9 Å². The van der Waals surface area contributed by atoms with Crippen LogP contribution >= 0.6 is 0 Å². The molecule has 7 heteroatoms. The first kappa shape index (κ1) is 16.6. The van der Waals surface area contributed by atoms with Gasteiger partial charge in [-0.1, -0.05) is 0 Å². The van der Waals surface area contributed by atoms with Crippen molar-refractivity contribution in [1.82, 2.24) is 4.57 Å². The van der Waals surface area contributed by atoms with Gasteiger partial charge in [-0.15, -0.1) is 0 Å². The molecule has 2 aromatic rings. The summed E-state index contributed by atoms with van der Waals surface area (Å²) < 4.78 is 6.36. The molecule has 1 aromatic heterocycles. The first-order chi connectivity index (χ1) is 12.0. The second kappa shape index (κ2) is 6.32. The average molecular weight is 338 g/mol. The van der Waals surface area contributed by atoms with Crippen molar-refractivity contribution in [1.29, 1.82) is 5.26 Å². The van der Waals surface area contributed by atoms with Gasteiger partial charge in [-0.05, 0) is 37.1 Å². The standard InChI is InChI=1S/C18H18N4O3/c1-3-21-14-6-5-13(8-11(14)4-7-15(21)23)22-10-12(9-19)16(20)17(22)18(24)25-2/h5-6,8,10H,3-4,7,20H2,1-2H3. The molecule has 0 bridgehead atoms. The van der Waals surface area contributed by atoms with Gasteiger partial charge >= 0.3 is 5.97 Å². The van der Waals surface area contributed by atoms with Gasteiger partial charge in [-0.25, -0.2) is 4.79 Å². The Morgan fingerprint density at radius 2 is 2.16 bits per heavy atom. The van der Waals surface area contributed by atoms with Gasteiger partial charge in [-0.3, -0.25) is 4.79 Å². The maximum Gasteiger partial charge on any atom is 0.357 e. The van der Waals surface area contributed by atoms with Crippen molar-refractivity contribution >= 4 is 23.3 Å². The molecule has 2 N–H and O–H groups in total. The monoisotopic (exact) mass is 338 g/mol. The number of ether oxygens (including phenoxy) is 1. The van der Waals surface area contributed by atoms with Crippen LogP contribution in [-0.2, 0) is 16.0 Å². The number of fused-ring (bicyclic) bond motifs is 1. The van der Waals surface area contributed by atoms with Gasteiger partial charge in [0.05, 0.1) is 18.4 Å². The highest BCUT2D eigenvalue weighted by molar-refractivity contribution is 5.97. The molecule has 2 heterocycles. The summed E-state index contributed by atoms with van der Waals surface area (Å²) in [7, 11) is 1.27. The van der Waals surface area contributed by atoms with Crippen LogP contribution in [0.1, 0.15) is 35.0 Å². The molecule has 0 saturated heterocycles. The molecule has 0 atom stereocenters. The molecule has 0 unspecified atom stereocenters. The lowest BCUT2D eigenvalue weighted by atomic mass is 10.0. The fraction of sp³-hybridized carbons (Fsp3) is 0.278. The van der Waals surface area contributed by atoms with Crippen LogP contribution in [0.3, 0.4) is 0 Å². The summed E-state index contributed by atoms with van der Waals surface area (Å²) in [6, 6.07) is 7.55. The van der Waals surface area contributed by atoms with E-state index in [2.05, 4.69) is 0 Å². The Bertz CT molecular complexity index is 908. The Morgan fingerprint density at radius 3 is 2.80 bits per heavy atom. The number of amides is 1. The number of nitrogens with two attached hydrogens (primary N) is 1. The third-order valence-corrected chi connectivity index (χ3v) is 4.40. The molecule has 1 aromatic carbocycles. The zero-order valence-corrected chi connectivity index (χ0v) is 14.1. The number of carbonyl (C=O) groups is 2. The van der Waals surface area contributed by atoms with Gasteiger partial charge in [-0.2, -0.15) is 5.26 Å². The second-order valence-corrected chi connectivity index (χ2v) is 5.73. The van der Waals surface area contributed by atoms with Crippen LogP contribution in [0.25, 0.3) is 5.69 Å². The van der Waals surface area contributed by atoms with Crippen LogP contribution in [-0.4, -0.2) is 30.1 Å². The van der Waals surface area contributed by atoms with Crippen LogP contribution in [0, 0.1) is 11.3 Å². The number of nitrogen functional groups attached to an aromatic ring is 1.